The van der Waals surface area contributed by atoms with E-state index in [0.717, 1.165) is 12.8 Å². The smallest absolute Gasteiger partial charge is 0.325 e. The molecule has 1 aliphatic rings. The van der Waals surface area contributed by atoms with Crippen LogP contribution in [0.2, 0.25) is 0 Å². The van der Waals surface area contributed by atoms with Gasteiger partial charge in [0.1, 0.15) is 6.04 Å². The lowest BCUT2D eigenvalue weighted by Gasteiger charge is -2.17. The fraction of sp³-hybridized carbons (Fsp3) is 0.417. The van der Waals surface area contributed by atoms with Gasteiger partial charge in [0.15, 0.2) is 11.5 Å². The summed E-state index contributed by atoms with van der Waals surface area (Å²) in [6, 6.07) is 2.25. The largest absolute Gasteiger partial charge is 0.493 e. The Morgan fingerprint density at radius 2 is 2.22 bits per heavy atom. The Morgan fingerprint density at radius 1 is 1.56 bits per heavy atom. The third-order valence-corrected chi connectivity index (χ3v) is 3.14. The zero-order valence-electron chi connectivity index (χ0n) is 9.85. The summed E-state index contributed by atoms with van der Waals surface area (Å²) in [6.07, 6.45) is 2.09. The zero-order valence-corrected chi connectivity index (χ0v) is 11.4. The normalized spacial score (nSPS) is 16.2. The first kappa shape index (κ1) is 13.2. The van der Waals surface area contributed by atoms with Crippen LogP contribution in [0.15, 0.2) is 16.6 Å². The van der Waals surface area contributed by atoms with Gasteiger partial charge in [0.25, 0.3) is 0 Å². The van der Waals surface area contributed by atoms with Crippen molar-refractivity contribution in [2.45, 2.75) is 25.0 Å². The summed E-state index contributed by atoms with van der Waals surface area (Å²) < 4.78 is 11.6. The van der Waals surface area contributed by atoms with Crippen molar-refractivity contribution in [2.24, 2.45) is 5.73 Å². The molecule has 3 N–H and O–H groups in total. The van der Waals surface area contributed by atoms with Gasteiger partial charge < -0.3 is 20.3 Å². The molecule has 0 aliphatic heterocycles. The van der Waals surface area contributed by atoms with Crippen molar-refractivity contribution >= 4 is 21.9 Å². The highest BCUT2D eigenvalue weighted by Crippen LogP contribution is 2.40. The van der Waals surface area contributed by atoms with Crippen LogP contribution in [0.3, 0.4) is 0 Å². The van der Waals surface area contributed by atoms with E-state index >= 15 is 0 Å². The third-order valence-electron chi connectivity index (χ3n) is 2.68. The van der Waals surface area contributed by atoms with Crippen LogP contribution < -0.4 is 15.2 Å². The van der Waals surface area contributed by atoms with E-state index in [0.29, 0.717) is 21.5 Å². The monoisotopic (exact) mass is 315 g/mol. The van der Waals surface area contributed by atoms with Crippen LogP contribution in [0, 0.1) is 0 Å². The number of aliphatic carboxylic acids is 1. The molecule has 0 aromatic heterocycles. The van der Waals surface area contributed by atoms with Crippen molar-refractivity contribution < 1.29 is 19.4 Å². The molecule has 98 valence electrons. The zero-order chi connectivity index (χ0) is 13.3. The predicted octanol–water partition coefficient (Wildman–Crippen LogP) is 2.08. The van der Waals surface area contributed by atoms with Gasteiger partial charge in [-0.1, -0.05) is 15.9 Å². The summed E-state index contributed by atoms with van der Waals surface area (Å²) in [7, 11) is 1.51. The predicted molar refractivity (Wildman–Crippen MR) is 68.9 cm³/mol. The molecule has 1 aromatic carbocycles. The molecule has 1 atom stereocenters. The molecule has 0 amide bonds. The fourth-order valence-corrected chi connectivity index (χ4v) is 2.04. The van der Waals surface area contributed by atoms with E-state index in [1.54, 1.807) is 12.1 Å². The molecule has 5 nitrogen and oxygen atoms in total. The minimum atomic E-state index is -1.13. The molecule has 1 fully saturated rings. The number of carbonyl (C=O) groups is 1. The number of halogens is 1. The minimum Gasteiger partial charge on any atom is -0.493 e. The van der Waals surface area contributed by atoms with Crippen LogP contribution in [-0.2, 0) is 4.79 Å². The van der Waals surface area contributed by atoms with Gasteiger partial charge in [-0.3, -0.25) is 4.79 Å². The lowest BCUT2D eigenvalue weighted by molar-refractivity contribution is -0.138. The van der Waals surface area contributed by atoms with Gasteiger partial charge in [-0.25, -0.2) is 0 Å². The van der Waals surface area contributed by atoms with Gasteiger partial charge in [0.2, 0.25) is 0 Å². The Balaban J connectivity index is 2.45. The van der Waals surface area contributed by atoms with Crippen LogP contribution in [0.4, 0.5) is 0 Å². The summed E-state index contributed by atoms with van der Waals surface area (Å²) in [6.45, 7) is 0. The van der Waals surface area contributed by atoms with Gasteiger partial charge in [-0.05, 0) is 25.0 Å². The molecule has 1 aliphatic carbocycles. The molecule has 0 bridgehead atoms. The Hall–Kier alpha value is -1.27. The van der Waals surface area contributed by atoms with E-state index in [2.05, 4.69) is 15.9 Å². The summed E-state index contributed by atoms with van der Waals surface area (Å²) in [5.74, 6) is -0.183. The van der Waals surface area contributed by atoms with E-state index in [4.69, 9.17) is 20.3 Å². The Labute approximate surface area is 113 Å². The first-order valence-corrected chi connectivity index (χ1v) is 6.34. The van der Waals surface area contributed by atoms with E-state index in [9.17, 15) is 4.79 Å². The molecule has 6 heteroatoms. The minimum absolute atomic E-state index is 0.139. The molecule has 2 rings (SSSR count). The van der Waals surface area contributed by atoms with Gasteiger partial charge in [0.05, 0.1) is 13.2 Å². The number of ether oxygens (including phenoxy) is 2. The number of hydrogen-bond donors (Lipinski definition) is 2. The van der Waals surface area contributed by atoms with Crippen LogP contribution in [-0.4, -0.2) is 24.3 Å². The molecular weight excluding hydrogens is 302 g/mol. The number of nitrogens with two attached hydrogens (primary N) is 1. The van der Waals surface area contributed by atoms with E-state index < -0.39 is 12.0 Å². The summed E-state index contributed by atoms with van der Waals surface area (Å²) in [5.41, 5.74) is 6.09. The maximum atomic E-state index is 11.0. The molecule has 0 saturated heterocycles. The summed E-state index contributed by atoms with van der Waals surface area (Å²) >= 11 is 3.30. The molecule has 0 radical (unpaired) electrons. The highest BCUT2D eigenvalue weighted by molar-refractivity contribution is 9.10. The van der Waals surface area contributed by atoms with Crippen LogP contribution in [0.1, 0.15) is 24.4 Å². The Kier molecular flexibility index (Phi) is 3.77. The molecule has 1 unspecified atom stereocenters. The van der Waals surface area contributed by atoms with Gasteiger partial charge in [-0.15, -0.1) is 0 Å². The molecular formula is C12H14BrNO4. The highest BCUT2D eigenvalue weighted by atomic mass is 79.9. The van der Waals surface area contributed by atoms with Crippen LogP contribution >= 0.6 is 15.9 Å². The number of benzene rings is 1. The standard InChI is InChI=1S/C12H14BrNO4/c1-17-9-5-6(13)4-8(10(14)12(15)16)11(9)18-7-2-3-7/h4-5,7,10H,2-3,14H2,1H3,(H,15,16). The Bertz CT molecular complexity index is 473. The SMILES string of the molecule is COc1cc(Br)cc(C(N)C(=O)O)c1OC1CC1. The van der Waals surface area contributed by atoms with Crippen molar-refractivity contribution in [1.29, 1.82) is 0 Å². The van der Waals surface area contributed by atoms with Crippen molar-refractivity contribution in [3.63, 3.8) is 0 Å². The highest BCUT2D eigenvalue weighted by Gasteiger charge is 2.29. The maximum absolute atomic E-state index is 11.0. The van der Waals surface area contributed by atoms with Crippen LogP contribution in [0.5, 0.6) is 11.5 Å². The number of carboxylic acids is 1. The molecule has 1 saturated carbocycles. The van der Waals surface area contributed by atoms with Gasteiger partial charge in [-0.2, -0.15) is 0 Å². The Morgan fingerprint density at radius 3 is 2.72 bits per heavy atom. The molecule has 0 heterocycles. The third kappa shape index (κ3) is 2.76. The van der Waals surface area contributed by atoms with Crippen molar-refractivity contribution in [3.8, 4) is 11.5 Å². The first-order valence-electron chi connectivity index (χ1n) is 5.55. The van der Waals surface area contributed by atoms with Crippen molar-refractivity contribution in [3.05, 3.63) is 22.2 Å². The number of carboxylic acid groups (broad SMARTS) is 1. The molecule has 0 spiro atoms. The van der Waals surface area contributed by atoms with Gasteiger partial charge in [0, 0.05) is 10.0 Å². The lowest BCUT2D eigenvalue weighted by Crippen LogP contribution is -2.22. The summed E-state index contributed by atoms with van der Waals surface area (Å²) in [5, 5.41) is 9.03. The average Bonchev–Trinajstić information content (AvgIpc) is 3.13. The second-order valence-electron chi connectivity index (χ2n) is 4.16. The van der Waals surface area contributed by atoms with Crippen molar-refractivity contribution in [2.75, 3.05) is 7.11 Å². The number of rotatable bonds is 5. The van der Waals surface area contributed by atoms with E-state index in [1.807, 2.05) is 0 Å². The average molecular weight is 316 g/mol. The van der Waals surface area contributed by atoms with E-state index in [-0.39, 0.29) is 6.10 Å². The van der Waals surface area contributed by atoms with Crippen LogP contribution in [0.25, 0.3) is 0 Å². The molecule has 18 heavy (non-hydrogen) atoms. The first-order chi connectivity index (χ1) is 8.52. The molecule has 1 aromatic rings. The van der Waals surface area contributed by atoms with E-state index in [1.165, 1.54) is 7.11 Å². The quantitative estimate of drug-likeness (QED) is 0.869. The lowest BCUT2D eigenvalue weighted by atomic mass is 10.1. The topological polar surface area (TPSA) is 81.8 Å². The van der Waals surface area contributed by atoms with Crippen molar-refractivity contribution in [1.82, 2.24) is 0 Å². The van der Waals surface area contributed by atoms with Gasteiger partial charge >= 0.3 is 5.97 Å². The number of hydrogen-bond acceptors (Lipinski definition) is 4. The summed E-state index contributed by atoms with van der Waals surface area (Å²) in [4.78, 5) is 11.0. The number of methoxy groups -OCH3 is 1. The maximum Gasteiger partial charge on any atom is 0.325 e. The fourth-order valence-electron chi connectivity index (χ4n) is 1.58. The second kappa shape index (κ2) is 5.16. The second-order valence-corrected chi connectivity index (χ2v) is 5.08.